The minimum absolute atomic E-state index is 0.0657. The van der Waals surface area contributed by atoms with Crippen molar-refractivity contribution < 1.29 is 9.59 Å². The molecule has 1 fully saturated rings. The third-order valence-electron chi connectivity index (χ3n) is 2.16. The van der Waals surface area contributed by atoms with E-state index in [0.29, 0.717) is 13.0 Å². The smallest absolute Gasteiger partial charge is 0.240 e. The van der Waals surface area contributed by atoms with Crippen molar-refractivity contribution in [2.75, 3.05) is 13.1 Å². The van der Waals surface area contributed by atoms with Crippen LogP contribution in [0.5, 0.6) is 0 Å². The number of primary amides is 1. The number of hydrogen-bond acceptors (Lipinski definition) is 3. The van der Waals surface area contributed by atoms with Crippen LogP contribution >= 0.6 is 0 Å². The fourth-order valence-electron chi connectivity index (χ4n) is 1.47. The molecule has 73 valence electrons. The van der Waals surface area contributed by atoms with Gasteiger partial charge in [-0.15, -0.1) is 0 Å². The summed E-state index contributed by atoms with van der Waals surface area (Å²) in [6.45, 7) is 0.480. The van der Waals surface area contributed by atoms with Crippen molar-refractivity contribution in [3.05, 3.63) is 6.42 Å². The molecule has 1 rings (SSSR count). The van der Waals surface area contributed by atoms with E-state index in [1.807, 2.05) is 6.42 Å². The maximum absolute atomic E-state index is 11.3. The lowest BCUT2D eigenvalue weighted by Gasteiger charge is -2.33. The van der Waals surface area contributed by atoms with Crippen molar-refractivity contribution in [3.63, 3.8) is 0 Å². The van der Waals surface area contributed by atoms with Gasteiger partial charge < -0.3 is 16.4 Å². The molecule has 1 radical (unpaired) electrons. The molecule has 1 aliphatic heterocycles. The van der Waals surface area contributed by atoms with Gasteiger partial charge in [-0.25, -0.2) is 0 Å². The molecule has 4 N–H and O–H groups in total. The van der Waals surface area contributed by atoms with Gasteiger partial charge in [0.25, 0.3) is 0 Å². The number of nitrogens with zero attached hydrogens (tertiary/aromatic N) is 1. The Morgan fingerprint density at radius 3 is 2.77 bits per heavy atom. The van der Waals surface area contributed by atoms with E-state index in [1.54, 1.807) is 0 Å². The summed E-state index contributed by atoms with van der Waals surface area (Å²) in [7, 11) is 0. The van der Waals surface area contributed by atoms with E-state index >= 15 is 0 Å². The van der Waals surface area contributed by atoms with Crippen molar-refractivity contribution >= 4 is 11.8 Å². The highest BCUT2D eigenvalue weighted by Gasteiger charge is 2.29. The Morgan fingerprint density at radius 2 is 2.23 bits per heavy atom. The van der Waals surface area contributed by atoms with E-state index in [-0.39, 0.29) is 12.5 Å². The van der Waals surface area contributed by atoms with Crippen LogP contribution in [0.4, 0.5) is 0 Å². The summed E-state index contributed by atoms with van der Waals surface area (Å²) in [5.74, 6) is -0.672. The van der Waals surface area contributed by atoms with E-state index in [9.17, 15) is 9.59 Å². The molecule has 2 amide bonds. The largest absolute Gasteiger partial charge is 0.368 e. The Balaban J connectivity index is 2.67. The molecule has 5 nitrogen and oxygen atoms in total. The van der Waals surface area contributed by atoms with Crippen LogP contribution in [0.2, 0.25) is 0 Å². The molecule has 0 aromatic heterocycles. The van der Waals surface area contributed by atoms with Crippen LogP contribution in [-0.4, -0.2) is 35.8 Å². The number of piperidine rings is 1. The summed E-state index contributed by atoms with van der Waals surface area (Å²) in [5, 5.41) is 0. The maximum Gasteiger partial charge on any atom is 0.240 e. The van der Waals surface area contributed by atoms with Crippen molar-refractivity contribution in [3.8, 4) is 0 Å². The Labute approximate surface area is 77.1 Å². The standard InChI is InChI=1S/C8H14N3O2/c9-5-7(12)11-4-2-1-3-6(11)8(10)13/h1,6H,2-5,9H2,(H2,10,13). The molecule has 13 heavy (non-hydrogen) atoms. The first-order valence-electron chi connectivity index (χ1n) is 4.27. The second-order valence-electron chi connectivity index (χ2n) is 3.02. The monoisotopic (exact) mass is 184 g/mol. The van der Waals surface area contributed by atoms with E-state index in [4.69, 9.17) is 11.5 Å². The number of hydrogen-bond donors (Lipinski definition) is 2. The zero-order chi connectivity index (χ0) is 9.84. The van der Waals surface area contributed by atoms with Crippen LogP contribution in [0.3, 0.4) is 0 Å². The molecular formula is C8H14N3O2. The van der Waals surface area contributed by atoms with Crippen LogP contribution in [0.25, 0.3) is 0 Å². The zero-order valence-electron chi connectivity index (χ0n) is 7.40. The molecule has 0 saturated carbocycles. The average Bonchev–Trinajstić information content (AvgIpc) is 2.16. The summed E-state index contributed by atoms with van der Waals surface area (Å²) in [6, 6.07) is -0.496. The van der Waals surface area contributed by atoms with Crippen molar-refractivity contribution in [1.82, 2.24) is 4.90 Å². The minimum atomic E-state index is -0.496. The summed E-state index contributed by atoms with van der Waals surface area (Å²) < 4.78 is 0. The Bertz CT molecular complexity index is 217. The molecule has 1 saturated heterocycles. The second-order valence-corrected chi connectivity index (χ2v) is 3.02. The number of carbonyl (C=O) groups is 2. The third-order valence-corrected chi connectivity index (χ3v) is 2.16. The first-order chi connectivity index (χ1) is 6.16. The molecule has 5 heteroatoms. The summed E-state index contributed by atoms with van der Waals surface area (Å²) in [6.07, 6.45) is 3.31. The van der Waals surface area contributed by atoms with Gasteiger partial charge in [0.15, 0.2) is 0 Å². The normalized spacial score (nSPS) is 22.8. The summed E-state index contributed by atoms with van der Waals surface area (Å²) in [4.78, 5) is 23.7. The third kappa shape index (κ3) is 2.18. The van der Waals surface area contributed by atoms with Gasteiger partial charge in [-0.1, -0.05) is 0 Å². The summed E-state index contributed by atoms with van der Waals surface area (Å²) in [5.41, 5.74) is 10.4. The van der Waals surface area contributed by atoms with Gasteiger partial charge in [0.05, 0.1) is 6.54 Å². The van der Waals surface area contributed by atoms with E-state index in [0.717, 1.165) is 6.42 Å². The van der Waals surface area contributed by atoms with Crippen molar-refractivity contribution in [2.24, 2.45) is 11.5 Å². The minimum Gasteiger partial charge on any atom is -0.368 e. The molecule has 1 unspecified atom stereocenters. The molecule has 0 bridgehead atoms. The van der Waals surface area contributed by atoms with Crippen LogP contribution < -0.4 is 11.5 Å². The van der Waals surface area contributed by atoms with Gasteiger partial charge in [-0.05, 0) is 19.3 Å². The van der Waals surface area contributed by atoms with Crippen molar-refractivity contribution in [2.45, 2.75) is 18.9 Å². The van der Waals surface area contributed by atoms with E-state index < -0.39 is 11.9 Å². The predicted octanol–water partition coefficient (Wildman–Crippen LogP) is -1.37. The number of carbonyl (C=O) groups excluding carboxylic acids is 2. The highest BCUT2D eigenvalue weighted by atomic mass is 16.2. The summed E-state index contributed by atoms with van der Waals surface area (Å²) >= 11 is 0. The molecular weight excluding hydrogens is 170 g/mol. The Kier molecular flexibility index (Phi) is 3.25. The van der Waals surface area contributed by atoms with Crippen LogP contribution in [0.1, 0.15) is 12.8 Å². The zero-order valence-corrected chi connectivity index (χ0v) is 7.40. The lowest BCUT2D eigenvalue weighted by Crippen LogP contribution is -2.52. The molecule has 0 spiro atoms. The molecule has 1 heterocycles. The number of nitrogens with two attached hydrogens (primary N) is 2. The fraction of sp³-hybridized carbons (Fsp3) is 0.625. The quantitative estimate of drug-likeness (QED) is 0.554. The van der Waals surface area contributed by atoms with E-state index in [2.05, 4.69) is 0 Å². The van der Waals surface area contributed by atoms with Gasteiger partial charge in [0.2, 0.25) is 11.8 Å². The maximum atomic E-state index is 11.3. The van der Waals surface area contributed by atoms with Crippen LogP contribution in [-0.2, 0) is 9.59 Å². The van der Waals surface area contributed by atoms with Crippen LogP contribution in [0.15, 0.2) is 0 Å². The van der Waals surface area contributed by atoms with E-state index in [1.165, 1.54) is 4.90 Å². The molecule has 0 aromatic carbocycles. The lowest BCUT2D eigenvalue weighted by molar-refractivity contribution is -0.139. The average molecular weight is 184 g/mol. The first kappa shape index (κ1) is 9.98. The van der Waals surface area contributed by atoms with Gasteiger partial charge in [-0.3, -0.25) is 9.59 Å². The Hall–Kier alpha value is -1.10. The number of amides is 2. The molecule has 0 aromatic rings. The second kappa shape index (κ2) is 4.23. The van der Waals surface area contributed by atoms with Gasteiger partial charge in [0.1, 0.15) is 6.04 Å². The fourth-order valence-corrected chi connectivity index (χ4v) is 1.47. The Morgan fingerprint density at radius 1 is 1.54 bits per heavy atom. The highest BCUT2D eigenvalue weighted by Crippen LogP contribution is 2.15. The molecule has 1 aliphatic rings. The topological polar surface area (TPSA) is 89.4 Å². The van der Waals surface area contributed by atoms with Gasteiger partial charge in [-0.2, -0.15) is 0 Å². The first-order valence-corrected chi connectivity index (χ1v) is 4.27. The number of likely N-dealkylation sites (tertiary alicyclic amines) is 1. The lowest BCUT2D eigenvalue weighted by atomic mass is 10.0. The molecule has 1 atom stereocenters. The number of rotatable bonds is 2. The predicted molar refractivity (Wildman–Crippen MR) is 47.3 cm³/mol. The van der Waals surface area contributed by atoms with Gasteiger partial charge in [0, 0.05) is 6.54 Å². The van der Waals surface area contributed by atoms with Gasteiger partial charge >= 0.3 is 0 Å². The van der Waals surface area contributed by atoms with Crippen LogP contribution in [0, 0.1) is 6.42 Å². The molecule has 0 aliphatic carbocycles. The highest BCUT2D eigenvalue weighted by molar-refractivity contribution is 5.87. The van der Waals surface area contributed by atoms with Crippen molar-refractivity contribution in [1.29, 1.82) is 0 Å². The SMILES string of the molecule is NCC(=O)N1CC[CH]CC1C(N)=O.